The first-order chi connectivity index (χ1) is 14.6. The largest absolute Gasteiger partial charge is 0.455 e. The number of para-hydroxylation sites is 1. The minimum atomic E-state index is -0.192. The average Bonchev–Trinajstić information content (AvgIpc) is 2.80. The van der Waals surface area contributed by atoms with E-state index in [9.17, 15) is 9.59 Å². The molecule has 30 heavy (non-hydrogen) atoms. The summed E-state index contributed by atoms with van der Waals surface area (Å²) < 4.78 is 6.16. The van der Waals surface area contributed by atoms with Crippen LogP contribution in [-0.2, 0) is 6.42 Å². The van der Waals surface area contributed by atoms with Crippen molar-refractivity contribution >= 4 is 16.9 Å². The molecule has 0 fully saturated rings. The van der Waals surface area contributed by atoms with Gasteiger partial charge in [-0.25, -0.2) is 0 Å². The predicted octanol–water partition coefficient (Wildman–Crippen LogP) is 4.48. The lowest BCUT2D eigenvalue weighted by Gasteiger charge is -2.18. The third kappa shape index (κ3) is 3.74. The van der Waals surface area contributed by atoms with Crippen LogP contribution in [-0.4, -0.2) is 29.4 Å². The Balaban J connectivity index is 1.72. The quantitative estimate of drug-likeness (QED) is 0.497. The molecule has 0 unspecified atom stereocenters. The molecule has 150 valence electrons. The highest BCUT2D eigenvalue weighted by Crippen LogP contribution is 2.27. The van der Waals surface area contributed by atoms with Crippen molar-refractivity contribution < 1.29 is 9.21 Å². The Hall–Kier alpha value is -3.73. The maximum Gasteiger partial charge on any atom is 0.257 e. The summed E-state index contributed by atoms with van der Waals surface area (Å²) in [6, 6.07) is 20.3. The van der Waals surface area contributed by atoms with Crippen LogP contribution < -0.4 is 5.43 Å². The number of hydrogen-bond acceptors (Lipinski definition) is 4. The number of nitrogens with zero attached hydrogens (tertiary/aromatic N) is 2. The van der Waals surface area contributed by atoms with E-state index in [2.05, 4.69) is 4.98 Å². The van der Waals surface area contributed by atoms with Gasteiger partial charge in [0.25, 0.3) is 5.91 Å². The summed E-state index contributed by atoms with van der Waals surface area (Å²) in [5, 5.41) is 0.413. The van der Waals surface area contributed by atoms with Crippen molar-refractivity contribution in [3.63, 3.8) is 0 Å². The zero-order chi connectivity index (χ0) is 21.1. The fraction of sp³-hybridized carbons (Fsp3) is 0.160. The van der Waals surface area contributed by atoms with Gasteiger partial charge in [-0.3, -0.25) is 14.6 Å². The third-order valence-corrected chi connectivity index (χ3v) is 5.19. The zero-order valence-electron chi connectivity index (χ0n) is 17.0. The normalized spacial score (nSPS) is 10.9. The average molecular weight is 398 g/mol. The van der Waals surface area contributed by atoms with Crippen LogP contribution in [0.25, 0.3) is 22.3 Å². The Morgan fingerprint density at radius 1 is 1.00 bits per heavy atom. The Morgan fingerprint density at radius 2 is 1.77 bits per heavy atom. The molecule has 0 atom stereocenters. The van der Waals surface area contributed by atoms with E-state index in [1.165, 1.54) is 0 Å². The number of aromatic nitrogens is 1. The molecule has 2 heterocycles. The van der Waals surface area contributed by atoms with Crippen LogP contribution in [0, 0.1) is 6.92 Å². The van der Waals surface area contributed by atoms with Gasteiger partial charge in [0.2, 0.25) is 0 Å². The van der Waals surface area contributed by atoms with E-state index in [1.807, 2.05) is 48.5 Å². The summed E-state index contributed by atoms with van der Waals surface area (Å²) in [6.45, 7) is 2.26. The van der Waals surface area contributed by atoms with Crippen LogP contribution in [0.5, 0.6) is 0 Å². The zero-order valence-corrected chi connectivity index (χ0v) is 17.0. The van der Waals surface area contributed by atoms with E-state index in [1.54, 1.807) is 43.3 Å². The Labute approximate surface area is 174 Å². The van der Waals surface area contributed by atoms with Crippen molar-refractivity contribution in [3.8, 4) is 11.3 Å². The number of pyridine rings is 1. The van der Waals surface area contributed by atoms with E-state index >= 15 is 0 Å². The summed E-state index contributed by atoms with van der Waals surface area (Å²) in [4.78, 5) is 32.1. The summed E-state index contributed by atoms with van der Waals surface area (Å²) in [7, 11) is 1.74. The molecule has 5 heteroatoms. The van der Waals surface area contributed by atoms with Gasteiger partial charge in [0.05, 0.1) is 10.9 Å². The molecule has 1 amide bonds. The molecule has 0 spiro atoms. The Morgan fingerprint density at radius 3 is 2.50 bits per heavy atom. The van der Waals surface area contributed by atoms with Crippen LogP contribution >= 0.6 is 0 Å². The van der Waals surface area contributed by atoms with Crippen LogP contribution in [0.2, 0.25) is 0 Å². The second-order valence-electron chi connectivity index (χ2n) is 7.23. The van der Waals surface area contributed by atoms with Gasteiger partial charge in [-0.15, -0.1) is 0 Å². The van der Waals surface area contributed by atoms with Crippen LogP contribution in [0.1, 0.15) is 21.6 Å². The lowest BCUT2D eigenvalue weighted by Crippen LogP contribution is -2.29. The molecule has 0 aliphatic heterocycles. The second kappa shape index (κ2) is 8.33. The van der Waals surface area contributed by atoms with Crippen molar-refractivity contribution in [1.82, 2.24) is 9.88 Å². The van der Waals surface area contributed by atoms with Gasteiger partial charge in [-0.2, -0.15) is 0 Å². The summed E-state index contributed by atoms with van der Waals surface area (Å²) in [5.74, 6) is 0.298. The standard InChI is InChI=1S/C25H22N2O3/c1-17-22(28)20-12-8-13-21(24(20)30-23(17)18-9-4-3-5-10-18)25(29)27(2)16-14-19-11-6-7-15-26-19/h3-13,15H,14,16H2,1-2H3. The minimum absolute atomic E-state index is 0.124. The molecule has 5 nitrogen and oxygen atoms in total. The van der Waals surface area contributed by atoms with E-state index in [-0.39, 0.29) is 11.3 Å². The number of amides is 1. The number of benzene rings is 2. The smallest absolute Gasteiger partial charge is 0.257 e. The molecule has 0 aliphatic rings. The number of fused-ring (bicyclic) bond motifs is 1. The molecule has 0 aliphatic carbocycles. The lowest BCUT2D eigenvalue weighted by atomic mass is 10.0. The van der Waals surface area contributed by atoms with Crippen LogP contribution in [0.15, 0.2) is 82.1 Å². The molecular weight excluding hydrogens is 376 g/mol. The molecule has 0 saturated heterocycles. The molecule has 2 aromatic heterocycles. The number of rotatable bonds is 5. The molecule has 4 aromatic rings. The number of hydrogen-bond donors (Lipinski definition) is 0. The molecule has 0 N–H and O–H groups in total. The van der Waals surface area contributed by atoms with E-state index in [4.69, 9.17) is 4.42 Å². The van der Waals surface area contributed by atoms with Crippen molar-refractivity contribution in [2.45, 2.75) is 13.3 Å². The van der Waals surface area contributed by atoms with Crippen molar-refractivity contribution in [3.05, 3.63) is 100.0 Å². The highest BCUT2D eigenvalue weighted by molar-refractivity contribution is 6.05. The molecule has 2 aromatic carbocycles. The fourth-order valence-corrected chi connectivity index (χ4v) is 3.48. The minimum Gasteiger partial charge on any atom is -0.455 e. The van der Waals surface area contributed by atoms with Gasteiger partial charge in [0.1, 0.15) is 5.76 Å². The molecule has 0 saturated carbocycles. The fourth-order valence-electron chi connectivity index (χ4n) is 3.48. The number of likely N-dealkylation sites (N-methyl/N-ethyl adjacent to an activating group) is 1. The highest BCUT2D eigenvalue weighted by Gasteiger charge is 2.20. The van der Waals surface area contributed by atoms with Gasteiger partial charge >= 0.3 is 0 Å². The van der Waals surface area contributed by atoms with Gasteiger partial charge in [-0.1, -0.05) is 42.5 Å². The molecule has 0 radical (unpaired) electrons. The van der Waals surface area contributed by atoms with Crippen molar-refractivity contribution in [2.24, 2.45) is 0 Å². The maximum absolute atomic E-state index is 13.2. The van der Waals surface area contributed by atoms with Gasteiger partial charge < -0.3 is 9.32 Å². The van der Waals surface area contributed by atoms with E-state index in [0.29, 0.717) is 40.8 Å². The van der Waals surface area contributed by atoms with Crippen LogP contribution in [0.4, 0.5) is 0 Å². The van der Waals surface area contributed by atoms with Crippen LogP contribution in [0.3, 0.4) is 0 Å². The number of carbonyl (C=O) groups excluding carboxylic acids is 1. The van der Waals surface area contributed by atoms with Gasteiger partial charge in [-0.05, 0) is 31.2 Å². The first-order valence-electron chi connectivity index (χ1n) is 9.83. The molecule has 4 rings (SSSR count). The van der Waals surface area contributed by atoms with Crippen molar-refractivity contribution in [2.75, 3.05) is 13.6 Å². The lowest BCUT2D eigenvalue weighted by molar-refractivity contribution is 0.0797. The Bertz CT molecular complexity index is 1250. The van der Waals surface area contributed by atoms with Gasteiger partial charge in [0.15, 0.2) is 11.0 Å². The monoisotopic (exact) mass is 398 g/mol. The highest BCUT2D eigenvalue weighted by atomic mass is 16.3. The van der Waals surface area contributed by atoms with E-state index < -0.39 is 0 Å². The first-order valence-corrected chi connectivity index (χ1v) is 9.83. The second-order valence-corrected chi connectivity index (χ2v) is 7.23. The molecular formula is C25H22N2O3. The van der Waals surface area contributed by atoms with E-state index in [0.717, 1.165) is 11.3 Å². The third-order valence-electron chi connectivity index (χ3n) is 5.19. The maximum atomic E-state index is 13.2. The summed E-state index contributed by atoms with van der Waals surface area (Å²) >= 11 is 0. The van der Waals surface area contributed by atoms with Gasteiger partial charge in [0, 0.05) is 43.0 Å². The Kier molecular flexibility index (Phi) is 5.44. The first kappa shape index (κ1) is 19.6. The topological polar surface area (TPSA) is 63.4 Å². The SMILES string of the molecule is Cc1c(-c2ccccc2)oc2c(C(=O)N(C)CCc3ccccn3)cccc2c1=O. The predicted molar refractivity (Wildman–Crippen MR) is 118 cm³/mol. The number of carbonyl (C=O) groups is 1. The van der Waals surface area contributed by atoms with Crippen molar-refractivity contribution in [1.29, 1.82) is 0 Å². The summed E-state index contributed by atoms with van der Waals surface area (Å²) in [5.41, 5.74) is 2.83. The molecule has 0 bridgehead atoms. The summed E-state index contributed by atoms with van der Waals surface area (Å²) in [6.07, 6.45) is 2.39.